The van der Waals surface area contributed by atoms with Crippen molar-refractivity contribution in [2.45, 2.75) is 11.3 Å². The second-order valence-electron chi connectivity index (χ2n) is 4.61. The predicted molar refractivity (Wildman–Crippen MR) is 80.2 cm³/mol. The van der Waals surface area contributed by atoms with E-state index in [0.29, 0.717) is 5.56 Å². The van der Waals surface area contributed by atoms with E-state index in [9.17, 15) is 27.2 Å². The molecule has 0 spiro atoms. The molecule has 1 N–H and O–H groups in total. The number of anilines is 1. The van der Waals surface area contributed by atoms with Gasteiger partial charge in [-0.15, -0.1) is 3.89 Å². The average molecular weight is 338 g/mol. The number of nitrogens with one attached hydrogen (secondary N) is 1. The topological polar surface area (TPSA) is 106 Å². The van der Waals surface area contributed by atoms with E-state index in [2.05, 4.69) is 5.32 Å². The van der Waals surface area contributed by atoms with Gasteiger partial charge in [-0.2, -0.15) is 8.42 Å². The Hall–Kier alpha value is -2.81. The van der Waals surface area contributed by atoms with Crippen LogP contribution in [0.3, 0.4) is 0 Å². The molecule has 1 amide bonds. The number of non-ortho nitro benzene ring substituents is 1. The first-order chi connectivity index (χ1) is 10.8. The number of benzene rings is 2. The van der Waals surface area contributed by atoms with Crippen molar-refractivity contribution in [1.82, 2.24) is 0 Å². The van der Waals surface area contributed by atoms with E-state index in [1.54, 1.807) is 0 Å². The van der Waals surface area contributed by atoms with Gasteiger partial charge >= 0.3 is 10.2 Å². The highest BCUT2D eigenvalue weighted by Crippen LogP contribution is 2.18. The minimum absolute atomic E-state index is 0.0649. The summed E-state index contributed by atoms with van der Waals surface area (Å²) in [7, 11) is -4.85. The minimum Gasteiger partial charge on any atom is -0.326 e. The van der Waals surface area contributed by atoms with Crippen molar-refractivity contribution in [3.63, 3.8) is 0 Å². The third-order valence-corrected chi connectivity index (χ3v) is 3.73. The molecule has 0 bridgehead atoms. The van der Waals surface area contributed by atoms with Crippen LogP contribution in [0.15, 0.2) is 53.4 Å². The fourth-order valence-corrected chi connectivity index (χ4v) is 2.36. The molecule has 0 radical (unpaired) electrons. The fraction of sp³-hybridized carbons (Fsp3) is 0.0714. The summed E-state index contributed by atoms with van der Waals surface area (Å²) in [5.41, 5.74) is 0.591. The van der Waals surface area contributed by atoms with Crippen LogP contribution in [0.25, 0.3) is 0 Å². The normalized spacial score (nSPS) is 11.0. The largest absolute Gasteiger partial charge is 0.332 e. The molecular formula is C14H11FN2O5S. The highest BCUT2D eigenvalue weighted by Gasteiger charge is 2.13. The lowest BCUT2D eigenvalue weighted by atomic mass is 10.1. The van der Waals surface area contributed by atoms with Crippen LogP contribution < -0.4 is 5.32 Å². The Morgan fingerprint density at radius 3 is 2.39 bits per heavy atom. The Bertz CT molecular complexity index is 850. The lowest BCUT2D eigenvalue weighted by Gasteiger charge is -2.06. The predicted octanol–water partition coefficient (Wildman–Crippen LogP) is 2.43. The fourth-order valence-electron chi connectivity index (χ4n) is 1.85. The molecule has 0 atom stereocenters. The molecule has 2 aromatic carbocycles. The third kappa shape index (κ3) is 4.58. The van der Waals surface area contributed by atoms with E-state index in [1.807, 2.05) is 0 Å². The summed E-state index contributed by atoms with van der Waals surface area (Å²) >= 11 is 0. The van der Waals surface area contributed by atoms with E-state index in [4.69, 9.17) is 0 Å². The van der Waals surface area contributed by atoms with Gasteiger partial charge < -0.3 is 5.32 Å². The Labute approximate surface area is 131 Å². The third-order valence-electron chi connectivity index (χ3n) is 2.91. The van der Waals surface area contributed by atoms with Gasteiger partial charge in [-0.3, -0.25) is 14.9 Å². The van der Waals surface area contributed by atoms with Gasteiger partial charge in [-0.1, -0.05) is 18.2 Å². The van der Waals surface area contributed by atoms with Crippen molar-refractivity contribution >= 4 is 27.5 Å². The van der Waals surface area contributed by atoms with Crippen LogP contribution in [0, 0.1) is 10.1 Å². The number of nitro groups is 1. The second-order valence-corrected chi connectivity index (χ2v) is 5.96. The van der Waals surface area contributed by atoms with Gasteiger partial charge in [0.05, 0.1) is 11.3 Å². The van der Waals surface area contributed by atoms with Gasteiger partial charge in [-0.05, 0) is 23.8 Å². The Kier molecular flexibility index (Phi) is 4.70. The Morgan fingerprint density at radius 1 is 1.17 bits per heavy atom. The molecule has 2 rings (SSSR count). The number of carbonyl (C=O) groups is 1. The monoisotopic (exact) mass is 338 g/mol. The average Bonchev–Trinajstić information content (AvgIpc) is 2.47. The van der Waals surface area contributed by atoms with Crippen LogP contribution in [0.1, 0.15) is 5.56 Å². The molecule has 0 aliphatic carbocycles. The molecular weight excluding hydrogens is 327 g/mol. The van der Waals surface area contributed by atoms with E-state index < -0.39 is 25.9 Å². The number of hydrogen-bond donors (Lipinski definition) is 1. The zero-order chi connectivity index (χ0) is 17.0. The van der Waals surface area contributed by atoms with Crippen molar-refractivity contribution in [2.75, 3.05) is 5.32 Å². The summed E-state index contributed by atoms with van der Waals surface area (Å²) in [6.45, 7) is 0. The van der Waals surface area contributed by atoms with E-state index in [0.717, 1.165) is 12.1 Å². The molecule has 120 valence electrons. The molecule has 2 aromatic rings. The summed E-state index contributed by atoms with van der Waals surface area (Å²) in [6.07, 6.45) is -0.0649. The molecule has 0 heterocycles. The van der Waals surface area contributed by atoms with Crippen LogP contribution in [-0.2, 0) is 21.4 Å². The van der Waals surface area contributed by atoms with Crippen LogP contribution in [-0.4, -0.2) is 19.2 Å². The van der Waals surface area contributed by atoms with Crippen LogP contribution >= 0.6 is 0 Å². The number of carbonyl (C=O) groups excluding carboxylic acids is 1. The molecule has 0 aliphatic heterocycles. The molecule has 7 nitrogen and oxygen atoms in total. The summed E-state index contributed by atoms with van der Waals surface area (Å²) < 4.78 is 34.5. The number of nitrogens with zero attached hydrogens (tertiary/aromatic N) is 1. The number of amides is 1. The summed E-state index contributed by atoms with van der Waals surface area (Å²) in [4.78, 5) is 21.3. The molecule has 0 saturated carbocycles. The van der Waals surface area contributed by atoms with Gasteiger partial charge in [0.1, 0.15) is 4.90 Å². The van der Waals surface area contributed by atoms with E-state index in [-0.39, 0.29) is 17.8 Å². The minimum atomic E-state index is -4.85. The standard InChI is InChI=1S/C14H11FN2O5S/c15-23(21,22)13-3-1-2-11(9-13)16-14(18)8-10-4-6-12(7-5-10)17(19)20/h1-7,9H,8H2,(H,16,18). The van der Waals surface area contributed by atoms with E-state index in [1.165, 1.54) is 36.4 Å². The van der Waals surface area contributed by atoms with Gasteiger partial charge in [-0.25, -0.2) is 0 Å². The summed E-state index contributed by atoms with van der Waals surface area (Å²) in [6, 6.07) is 10.2. The Morgan fingerprint density at radius 2 is 1.83 bits per heavy atom. The number of halogens is 1. The second kappa shape index (κ2) is 6.53. The van der Waals surface area contributed by atoms with Gasteiger partial charge in [0.2, 0.25) is 5.91 Å². The van der Waals surface area contributed by atoms with Gasteiger partial charge in [0.25, 0.3) is 5.69 Å². The first kappa shape index (κ1) is 16.6. The zero-order valence-electron chi connectivity index (χ0n) is 11.6. The molecule has 23 heavy (non-hydrogen) atoms. The molecule has 0 aromatic heterocycles. The Balaban J connectivity index is 2.06. The van der Waals surface area contributed by atoms with Crippen molar-refractivity contribution in [3.05, 3.63) is 64.2 Å². The van der Waals surface area contributed by atoms with E-state index >= 15 is 0 Å². The number of hydrogen-bond acceptors (Lipinski definition) is 5. The first-order valence-electron chi connectivity index (χ1n) is 6.33. The maximum atomic E-state index is 12.9. The molecule has 0 aliphatic rings. The smallest absolute Gasteiger partial charge is 0.326 e. The number of rotatable bonds is 5. The molecule has 0 saturated heterocycles. The maximum absolute atomic E-state index is 12.9. The molecule has 0 fully saturated rings. The SMILES string of the molecule is O=C(Cc1ccc([N+](=O)[O-])cc1)Nc1cccc(S(=O)(=O)F)c1. The van der Waals surface area contributed by atoms with Crippen LogP contribution in [0.2, 0.25) is 0 Å². The highest BCUT2D eigenvalue weighted by atomic mass is 32.3. The first-order valence-corrected chi connectivity index (χ1v) is 7.72. The van der Waals surface area contributed by atoms with Crippen molar-refractivity contribution in [3.8, 4) is 0 Å². The highest BCUT2D eigenvalue weighted by molar-refractivity contribution is 7.86. The maximum Gasteiger partial charge on any atom is 0.332 e. The summed E-state index contributed by atoms with van der Waals surface area (Å²) in [5, 5.41) is 13.0. The lowest BCUT2D eigenvalue weighted by Crippen LogP contribution is -2.14. The van der Waals surface area contributed by atoms with Crippen LogP contribution in [0.5, 0.6) is 0 Å². The number of nitro benzene ring substituents is 1. The molecule has 0 unspecified atom stereocenters. The summed E-state index contributed by atoms with van der Waals surface area (Å²) in [5.74, 6) is -0.466. The van der Waals surface area contributed by atoms with Gasteiger partial charge in [0, 0.05) is 17.8 Å². The quantitative estimate of drug-likeness (QED) is 0.512. The van der Waals surface area contributed by atoms with Crippen molar-refractivity contribution in [1.29, 1.82) is 0 Å². The lowest BCUT2D eigenvalue weighted by molar-refractivity contribution is -0.384. The van der Waals surface area contributed by atoms with Crippen molar-refractivity contribution in [2.24, 2.45) is 0 Å². The zero-order valence-corrected chi connectivity index (χ0v) is 12.4. The van der Waals surface area contributed by atoms with Crippen molar-refractivity contribution < 1.29 is 22.0 Å². The van der Waals surface area contributed by atoms with Crippen LogP contribution in [0.4, 0.5) is 15.3 Å². The molecule has 9 heteroatoms. The van der Waals surface area contributed by atoms with Gasteiger partial charge in [0.15, 0.2) is 0 Å².